The van der Waals surface area contributed by atoms with E-state index in [1.807, 2.05) is 24.7 Å². The van der Waals surface area contributed by atoms with Crippen LogP contribution < -0.4 is 15.0 Å². The highest BCUT2D eigenvalue weighted by atomic mass is 32.2. The first-order valence-corrected chi connectivity index (χ1v) is 8.78. The van der Waals surface area contributed by atoms with Crippen LogP contribution in [0.3, 0.4) is 0 Å². The van der Waals surface area contributed by atoms with E-state index in [9.17, 15) is 13.2 Å². The lowest BCUT2D eigenvalue weighted by Gasteiger charge is -2.09. The van der Waals surface area contributed by atoms with Crippen LogP contribution in [-0.2, 0) is 14.8 Å². The van der Waals surface area contributed by atoms with Gasteiger partial charge in [0, 0.05) is 0 Å². The first-order valence-electron chi connectivity index (χ1n) is 6.42. The lowest BCUT2D eigenvalue weighted by molar-refractivity contribution is -0.123. The van der Waals surface area contributed by atoms with E-state index in [0.29, 0.717) is 5.75 Å². The molecular formula is C14H16N2O4S2. The van der Waals surface area contributed by atoms with Gasteiger partial charge in [-0.15, -0.1) is 16.2 Å². The Bertz CT molecular complexity index is 735. The maximum absolute atomic E-state index is 11.8. The molecule has 0 aliphatic heterocycles. The van der Waals surface area contributed by atoms with E-state index in [1.54, 1.807) is 23.6 Å². The van der Waals surface area contributed by atoms with E-state index in [2.05, 4.69) is 5.43 Å². The number of amides is 1. The number of thiophene rings is 1. The second-order valence-electron chi connectivity index (χ2n) is 4.70. The summed E-state index contributed by atoms with van der Waals surface area (Å²) >= 11 is 1.06. The Labute approximate surface area is 133 Å². The molecule has 0 atom stereocenters. The summed E-state index contributed by atoms with van der Waals surface area (Å²) in [5, 5.41) is 1.64. The minimum atomic E-state index is -3.73. The number of hydrogen-bond acceptors (Lipinski definition) is 5. The topological polar surface area (TPSA) is 84.5 Å². The van der Waals surface area contributed by atoms with E-state index >= 15 is 0 Å². The highest BCUT2D eigenvalue weighted by molar-refractivity contribution is 7.91. The second-order valence-corrected chi connectivity index (χ2v) is 7.55. The third-order valence-corrected chi connectivity index (χ3v) is 5.29. The predicted molar refractivity (Wildman–Crippen MR) is 84.2 cm³/mol. The lowest BCUT2D eigenvalue weighted by atomic mass is 10.1. The molecule has 2 aromatic rings. The zero-order valence-corrected chi connectivity index (χ0v) is 13.8. The quantitative estimate of drug-likeness (QED) is 0.785. The molecule has 1 aromatic heterocycles. The Hall–Kier alpha value is -1.90. The summed E-state index contributed by atoms with van der Waals surface area (Å²) in [4.78, 5) is 13.7. The summed E-state index contributed by atoms with van der Waals surface area (Å²) in [6, 6.07) is 8.66. The SMILES string of the molecule is Cc1cc(C)cc(OCC(=O)NNS(=O)(=O)c2cccs2)c1. The van der Waals surface area contributed by atoms with Crippen LogP contribution in [0.5, 0.6) is 5.75 Å². The highest BCUT2D eigenvalue weighted by Gasteiger charge is 2.16. The number of ether oxygens (including phenoxy) is 1. The van der Waals surface area contributed by atoms with Crippen molar-refractivity contribution in [3.05, 3.63) is 46.8 Å². The van der Waals surface area contributed by atoms with Gasteiger partial charge in [0.05, 0.1) is 0 Å². The van der Waals surface area contributed by atoms with Crippen molar-refractivity contribution in [1.82, 2.24) is 10.3 Å². The van der Waals surface area contributed by atoms with Crippen molar-refractivity contribution in [3.8, 4) is 5.75 Å². The van der Waals surface area contributed by atoms with Gasteiger partial charge in [0.25, 0.3) is 15.9 Å². The smallest absolute Gasteiger partial charge is 0.272 e. The van der Waals surface area contributed by atoms with E-state index < -0.39 is 15.9 Å². The van der Waals surface area contributed by atoms with Crippen LogP contribution in [0.15, 0.2) is 39.9 Å². The molecule has 0 aliphatic rings. The molecule has 0 spiro atoms. The van der Waals surface area contributed by atoms with Gasteiger partial charge < -0.3 is 4.74 Å². The average molecular weight is 340 g/mol. The van der Waals surface area contributed by atoms with Gasteiger partial charge in [0.1, 0.15) is 9.96 Å². The van der Waals surface area contributed by atoms with Crippen LogP contribution in [0.1, 0.15) is 11.1 Å². The Kier molecular flexibility index (Phi) is 5.17. The third-order valence-electron chi connectivity index (χ3n) is 2.65. The number of rotatable bonds is 6. The van der Waals surface area contributed by atoms with Crippen LogP contribution in [-0.4, -0.2) is 20.9 Å². The van der Waals surface area contributed by atoms with Crippen LogP contribution in [0, 0.1) is 13.8 Å². The number of aryl methyl sites for hydroxylation is 2. The van der Waals surface area contributed by atoms with E-state index in [0.717, 1.165) is 22.5 Å². The summed E-state index contributed by atoms with van der Waals surface area (Å²) in [6.07, 6.45) is 0. The molecule has 1 amide bonds. The number of sulfonamides is 1. The Balaban J connectivity index is 1.86. The molecule has 0 radical (unpaired) electrons. The molecule has 1 heterocycles. The van der Waals surface area contributed by atoms with E-state index in [-0.39, 0.29) is 10.8 Å². The zero-order valence-electron chi connectivity index (χ0n) is 12.1. The number of benzene rings is 1. The molecule has 0 fully saturated rings. The number of carbonyl (C=O) groups is 1. The number of hydrogen-bond donors (Lipinski definition) is 2. The van der Waals surface area contributed by atoms with Crippen LogP contribution >= 0.6 is 11.3 Å². The van der Waals surface area contributed by atoms with E-state index in [4.69, 9.17) is 4.74 Å². The first kappa shape index (κ1) is 16.5. The Morgan fingerprint density at radius 3 is 2.50 bits per heavy atom. The summed E-state index contributed by atoms with van der Waals surface area (Å²) in [6.45, 7) is 3.57. The molecule has 1 aromatic carbocycles. The predicted octanol–water partition coefficient (Wildman–Crippen LogP) is 1.75. The van der Waals surface area contributed by atoms with Gasteiger partial charge in [0.2, 0.25) is 0 Å². The zero-order chi connectivity index (χ0) is 16.2. The minimum Gasteiger partial charge on any atom is -0.484 e. The molecule has 8 heteroatoms. The highest BCUT2D eigenvalue weighted by Crippen LogP contribution is 2.16. The van der Waals surface area contributed by atoms with Crippen molar-refractivity contribution in [3.63, 3.8) is 0 Å². The largest absolute Gasteiger partial charge is 0.484 e. The first-order chi connectivity index (χ1) is 10.4. The van der Waals surface area contributed by atoms with Crippen molar-refractivity contribution in [2.45, 2.75) is 18.1 Å². The van der Waals surface area contributed by atoms with Crippen molar-refractivity contribution in [2.75, 3.05) is 6.61 Å². The van der Waals surface area contributed by atoms with Crippen LogP contribution in [0.25, 0.3) is 0 Å². The molecule has 0 saturated carbocycles. The Morgan fingerprint density at radius 1 is 1.23 bits per heavy atom. The van der Waals surface area contributed by atoms with Crippen molar-refractivity contribution < 1.29 is 17.9 Å². The maximum Gasteiger partial charge on any atom is 0.272 e. The molecule has 6 nitrogen and oxygen atoms in total. The normalized spacial score (nSPS) is 11.2. The fourth-order valence-corrected chi connectivity index (χ4v) is 3.65. The van der Waals surface area contributed by atoms with Gasteiger partial charge in [-0.2, -0.15) is 0 Å². The molecule has 0 aliphatic carbocycles. The monoisotopic (exact) mass is 340 g/mol. The van der Waals surface area contributed by atoms with Crippen molar-refractivity contribution >= 4 is 27.3 Å². The molecule has 2 rings (SSSR count). The molecule has 118 valence electrons. The van der Waals surface area contributed by atoms with Crippen molar-refractivity contribution in [1.29, 1.82) is 0 Å². The molecule has 2 N–H and O–H groups in total. The van der Waals surface area contributed by atoms with Gasteiger partial charge in [-0.25, -0.2) is 8.42 Å². The average Bonchev–Trinajstić information content (AvgIpc) is 2.97. The van der Waals surface area contributed by atoms with Gasteiger partial charge in [0.15, 0.2) is 6.61 Å². The summed E-state index contributed by atoms with van der Waals surface area (Å²) in [5.74, 6) is -0.0203. The van der Waals surface area contributed by atoms with Crippen LogP contribution in [0.2, 0.25) is 0 Å². The standard InChI is InChI=1S/C14H16N2O4S2/c1-10-6-11(2)8-12(7-10)20-9-13(17)15-16-22(18,19)14-4-3-5-21-14/h3-8,16H,9H2,1-2H3,(H,15,17). The van der Waals surface area contributed by atoms with Gasteiger partial charge in [-0.3, -0.25) is 10.2 Å². The number of carbonyl (C=O) groups excluding carboxylic acids is 1. The molecule has 0 unspecified atom stereocenters. The Morgan fingerprint density at radius 2 is 1.91 bits per heavy atom. The van der Waals surface area contributed by atoms with Crippen molar-refractivity contribution in [2.24, 2.45) is 0 Å². The summed E-state index contributed by atoms with van der Waals surface area (Å²) < 4.78 is 29.1. The lowest BCUT2D eigenvalue weighted by Crippen LogP contribution is -2.43. The fraction of sp³-hybridized carbons (Fsp3) is 0.214. The third kappa shape index (κ3) is 4.55. The fourth-order valence-electron chi connectivity index (χ4n) is 1.79. The molecule has 0 bridgehead atoms. The molecular weight excluding hydrogens is 324 g/mol. The maximum atomic E-state index is 11.8. The molecule has 0 saturated heterocycles. The molecule has 22 heavy (non-hydrogen) atoms. The van der Waals surface area contributed by atoms with Crippen LogP contribution in [0.4, 0.5) is 0 Å². The van der Waals surface area contributed by atoms with E-state index in [1.165, 1.54) is 6.07 Å². The summed E-state index contributed by atoms with van der Waals surface area (Å²) in [7, 11) is -3.73. The summed E-state index contributed by atoms with van der Waals surface area (Å²) in [5.41, 5.74) is 4.16. The van der Waals surface area contributed by atoms with Gasteiger partial charge in [-0.1, -0.05) is 12.1 Å². The second kappa shape index (κ2) is 6.91. The van der Waals surface area contributed by atoms with Gasteiger partial charge >= 0.3 is 0 Å². The van der Waals surface area contributed by atoms with Gasteiger partial charge in [-0.05, 0) is 48.6 Å². The number of nitrogens with one attached hydrogen (secondary N) is 2. The number of hydrazine groups is 1. The minimum absolute atomic E-state index is 0.128.